The van der Waals surface area contributed by atoms with Crippen LogP contribution in [0.25, 0.3) is 0 Å². The molecule has 1 atom stereocenters. The molecule has 0 radical (unpaired) electrons. The standard InChI is InChI=1S/C22H30FN3O2/c23-20-6-2-1-4-17(20)14-24-21(27)18-5-3-11-26(15-18)19-9-12-25(13-10-19)22(28)16-7-8-16/h1-2,4,6,16,18-19H,3,5,7-15H2,(H,24,27)/t18-/m1/s1. The minimum atomic E-state index is -0.277. The van der Waals surface area contributed by atoms with Crippen molar-refractivity contribution in [1.82, 2.24) is 15.1 Å². The zero-order chi connectivity index (χ0) is 19.5. The summed E-state index contributed by atoms with van der Waals surface area (Å²) in [5, 5.41) is 2.92. The number of piperidine rings is 2. The van der Waals surface area contributed by atoms with Gasteiger partial charge in [-0.25, -0.2) is 4.39 Å². The minimum Gasteiger partial charge on any atom is -0.352 e. The van der Waals surface area contributed by atoms with Crippen molar-refractivity contribution < 1.29 is 14.0 Å². The molecule has 2 aliphatic heterocycles. The topological polar surface area (TPSA) is 52.7 Å². The van der Waals surface area contributed by atoms with Gasteiger partial charge in [-0.2, -0.15) is 0 Å². The van der Waals surface area contributed by atoms with Gasteiger partial charge in [0.2, 0.25) is 11.8 Å². The summed E-state index contributed by atoms with van der Waals surface area (Å²) in [6.45, 7) is 3.73. The third-order valence-electron chi connectivity index (χ3n) is 6.45. The van der Waals surface area contributed by atoms with Gasteiger partial charge in [0.15, 0.2) is 0 Å². The Labute approximate surface area is 166 Å². The summed E-state index contributed by atoms with van der Waals surface area (Å²) < 4.78 is 13.7. The second kappa shape index (κ2) is 8.60. The van der Waals surface area contributed by atoms with E-state index in [1.54, 1.807) is 18.2 Å². The molecule has 0 unspecified atom stereocenters. The van der Waals surface area contributed by atoms with Crippen LogP contribution >= 0.6 is 0 Å². The van der Waals surface area contributed by atoms with Crippen molar-refractivity contribution in [2.24, 2.45) is 11.8 Å². The lowest BCUT2D eigenvalue weighted by atomic mass is 9.93. The van der Waals surface area contributed by atoms with Gasteiger partial charge in [-0.3, -0.25) is 14.5 Å². The van der Waals surface area contributed by atoms with E-state index >= 15 is 0 Å². The third kappa shape index (κ3) is 4.54. The number of amides is 2. The number of nitrogens with zero attached hydrogens (tertiary/aromatic N) is 2. The maximum Gasteiger partial charge on any atom is 0.225 e. The lowest BCUT2D eigenvalue weighted by Crippen LogP contribution is -2.51. The van der Waals surface area contributed by atoms with E-state index in [4.69, 9.17) is 0 Å². The first kappa shape index (κ1) is 19.4. The Bertz CT molecular complexity index is 713. The number of likely N-dealkylation sites (tertiary alicyclic amines) is 2. The summed E-state index contributed by atoms with van der Waals surface area (Å²) in [6, 6.07) is 7.03. The summed E-state index contributed by atoms with van der Waals surface area (Å²) in [5.41, 5.74) is 0.524. The molecule has 1 aromatic rings. The number of benzene rings is 1. The molecule has 1 saturated carbocycles. The van der Waals surface area contributed by atoms with E-state index in [9.17, 15) is 14.0 Å². The molecule has 0 aromatic heterocycles. The monoisotopic (exact) mass is 387 g/mol. The van der Waals surface area contributed by atoms with Crippen molar-refractivity contribution in [2.75, 3.05) is 26.2 Å². The van der Waals surface area contributed by atoms with Crippen molar-refractivity contribution in [3.8, 4) is 0 Å². The first-order chi connectivity index (χ1) is 13.6. The van der Waals surface area contributed by atoms with Crippen molar-refractivity contribution >= 4 is 11.8 Å². The van der Waals surface area contributed by atoms with Crippen molar-refractivity contribution in [2.45, 2.75) is 51.1 Å². The number of nitrogens with one attached hydrogen (secondary N) is 1. The molecular formula is C22H30FN3O2. The van der Waals surface area contributed by atoms with E-state index in [2.05, 4.69) is 10.2 Å². The predicted octanol–water partition coefficient (Wildman–Crippen LogP) is 2.55. The Morgan fingerprint density at radius 2 is 1.75 bits per heavy atom. The lowest BCUT2D eigenvalue weighted by molar-refractivity contribution is -0.134. The molecule has 3 fully saturated rings. The number of halogens is 1. The first-order valence-electron chi connectivity index (χ1n) is 10.7. The van der Waals surface area contributed by atoms with Gasteiger partial charge in [-0.15, -0.1) is 0 Å². The van der Waals surface area contributed by atoms with Gasteiger partial charge < -0.3 is 10.2 Å². The van der Waals surface area contributed by atoms with Gasteiger partial charge in [0.1, 0.15) is 5.82 Å². The van der Waals surface area contributed by atoms with Gasteiger partial charge in [0, 0.05) is 43.7 Å². The Morgan fingerprint density at radius 3 is 2.46 bits per heavy atom. The largest absolute Gasteiger partial charge is 0.352 e. The highest BCUT2D eigenvalue weighted by Crippen LogP contribution is 2.32. The maximum atomic E-state index is 13.7. The zero-order valence-electron chi connectivity index (χ0n) is 16.4. The minimum absolute atomic E-state index is 0.0225. The fourth-order valence-corrected chi connectivity index (χ4v) is 4.56. The van der Waals surface area contributed by atoms with E-state index < -0.39 is 0 Å². The van der Waals surface area contributed by atoms with Gasteiger partial charge in [0.25, 0.3) is 0 Å². The maximum absolute atomic E-state index is 13.7. The number of rotatable bonds is 5. The fourth-order valence-electron chi connectivity index (χ4n) is 4.56. The van der Waals surface area contributed by atoms with Crippen molar-refractivity contribution in [1.29, 1.82) is 0 Å². The predicted molar refractivity (Wildman–Crippen MR) is 105 cm³/mol. The van der Waals surface area contributed by atoms with Gasteiger partial charge in [0.05, 0.1) is 5.92 Å². The van der Waals surface area contributed by atoms with Crippen LogP contribution in [0.1, 0.15) is 44.1 Å². The Balaban J connectivity index is 1.25. The number of carbonyl (C=O) groups excluding carboxylic acids is 2. The summed E-state index contributed by atoms with van der Waals surface area (Å²) in [5.74, 6) is 0.359. The lowest BCUT2D eigenvalue weighted by Gasteiger charge is -2.42. The quantitative estimate of drug-likeness (QED) is 0.845. The highest BCUT2D eigenvalue weighted by atomic mass is 19.1. The second-order valence-corrected chi connectivity index (χ2v) is 8.47. The van der Waals surface area contributed by atoms with E-state index in [0.29, 0.717) is 23.4 Å². The molecule has 6 heteroatoms. The Hall–Kier alpha value is -1.95. The molecule has 28 heavy (non-hydrogen) atoms. The summed E-state index contributed by atoms with van der Waals surface area (Å²) in [6.07, 6.45) is 6.03. The van der Waals surface area contributed by atoms with Crippen molar-refractivity contribution in [3.63, 3.8) is 0 Å². The van der Waals surface area contributed by atoms with Crippen molar-refractivity contribution in [3.05, 3.63) is 35.6 Å². The van der Waals surface area contributed by atoms with Crippen LogP contribution in [0.2, 0.25) is 0 Å². The van der Waals surface area contributed by atoms with E-state index in [0.717, 1.165) is 64.7 Å². The highest BCUT2D eigenvalue weighted by molar-refractivity contribution is 5.81. The van der Waals surface area contributed by atoms with Crippen LogP contribution in [-0.2, 0) is 16.1 Å². The molecule has 2 saturated heterocycles. The summed E-state index contributed by atoms with van der Waals surface area (Å²) >= 11 is 0. The first-order valence-corrected chi connectivity index (χ1v) is 10.7. The molecule has 1 aromatic carbocycles. The molecule has 1 aliphatic carbocycles. The molecule has 2 amide bonds. The average Bonchev–Trinajstić information content (AvgIpc) is 3.58. The molecule has 4 rings (SSSR count). The molecule has 0 bridgehead atoms. The molecule has 5 nitrogen and oxygen atoms in total. The smallest absolute Gasteiger partial charge is 0.225 e. The molecular weight excluding hydrogens is 357 g/mol. The Morgan fingerprint density at radius 1 is 1.00 bits per heavy atom. The molecule has 0 spiro atoms. The van der Waals surface area contributed by atoms with Crippen LogP contribution in [0.15, 0.2) is 24.3 Å². The van der Waals surface area contributed by atoms with Crippen LogP contribution in [-0.4, -0.2) is 53.8 Å². The number of hydrogen-bond acceptors (Lipinski definition) is 3. The SMILES string of the molecule is O=C(NCc1ccccc1F)[C@@H]1CCCN(C2CCN(C(=O)C3CC3)CC2)C1. The van der Waals surface area contributed by atoms with Crippen LogP contribution in [0.5, 0.6) is 0 Å². The molecule has 3 aliphatic rings. The van der Waals surface area contributed by atoms with E-state index in [1.165, 1.54) is 6.07 Å². The van der Waals surface area contributed by atoms with E-state index in [-0.39, 0.29) is 24.2 Å². The van der Waals surface area contributed by atoms with Gasteiger partial charge in [-0.1, -0.05) is 18.2 Å². The van der Waals surface area contributed by atoms with Crippen LogP contribution in [0.4, 0.5) is 4.39 Å². The van der Waals surface area contributed by atoms with Crippen LogP contribution in [0, 0.1) is 17.7 Å². The second-order valence-electron chi connectivity index (χ2n) is 8.47. The number of carbonyl (C=O) groups is 2. The summed E-state index contributed by atoms with van der Waals surface area (Å²) in [7, 11) is 0. The van der Waals surface area contributed by atoms with Crippen LogP contribution in [0.3, 0.4) is 0 Å². The van der Waals surface area contributed by atoms with Gasteiger partial charge >= 0.3 is 0 Å². The van der Waals surface area contributed by atoms with Crippen LogP contribution < -0.4 is 5.32 Å². The number of hydrogen-bond donors (Lipinski definition) is 1. The average molecular weight is 387 g/mol. The van der Waals surface area contributed by atoms with Gasteiger partial charge in [-0.05, 0) is 51.1 Å². The normalized spacial score (nSPS) is 24.2. The molecule has 152 valence electrons. The fraction of sp³-hybridized carbons (Fsp3) is 0.636. The summed E-state index contributed by atoms with van der Waals surface area (Å²) in [4.78, 5) is 29.3. The van der Waals surface area contributed by atoms with E-state index in [1.807, 2.05) is 4.90 Å². The molecule has 2 heterocycles. The Kier molecular flexibility index (Phi) is 5.95. The third-order valence-corrected chi connectivity index (χ3v) is 6.45. The molecule has 1 N–H and O–H groups in total. The zero-order valence-corrected chi connectivity index (χ0v) is 16.4. The highest BCUT2D eigenvalue weighted by Gasteiger charge is 2.37.